The molecule has 0 unspecified atom stereocenters. The molecule has 0 radical (unpaired) electrons. The number of pyridine rings is 1. The lowest BCUT2D eigenvalue weighted by molar-refractivity contribution is 0.482. The number of ether oxygens (including phenoxy) is 1. The van der Waals surface area contributed by atoms with Crippen molar-refractivity contribution in [3.8, 4) is 23.0 Å². The van der Waals surface area contributed by atoms with Gasteiger partial charge in [0.25, 0.3) is 0 Å². The number of nitrogens with one attached hydrogen (secondary N) is 1. The van der Waals surface area contributed by atoms with Crippen molar-refractivity contribution in [1.82, 2.24) is 9.71 Å². The van der Waals surface area contributed by atoms with Crippen molar-refractivity contribution in [2.24, 2.45) is 0 Å². The van der Waals surface area contributed by atoms with Crippen molar-refractivity contribution in [3.05, 3.63) is 95.8 Å². The highest BCUT2D eigenvalue weighted by Gasteiger charge is 2.14. The third-order valence-corrected chi connectivity index (χ3v) is 5.99. The Bertz CT molecular complexity index is 1240. The molecule has 0 atom stereocenters. The molecule has 0 spiro atoms. The van der Waals surface area contributed by atoms with Gasteiger partial charge in [-0.2, -0.15) is 0 Å². The standard InChI is InChI=1S/C22H17ClN2O4S/c23-19-4-1-2-5-21(19)29-17-7-9-18(10-8-17)30(26,27)25-15-16-11-12-24-20(14-16)22-6-3-13-28-22/h1-14,25H,15H2. The first-order valence-corrected chi connectivity index (χ1v) is 10.9. The van der Waals surface area contributed by atoms with Gasteiger partial charge in [0.2, 0.25) is 10.0 Å². The summed E-state index contributed by atoms with van der Waals surface area (Å²) in [5.74, 6) is 1.60. The van der Waals surface area contributed by atoms with Gasteiger partial charge < -0.3 is 9.15 Å². The van der Waals surface area contributed by atoms with Gasteiger partial charge in [-0.15, -0.1) is 0 Å². The summed E-state index contributed by atoms with van der Waals surface area (Å²) in [6, 6.07) is 20.3. The molecule has 0 aliphatic heterocycles. The molecule has 6 nitrogen and oxygen atoms in total. The van der Waals surface area contributed by atoms with E-state index in [1.54, 1.807) is 73.1 Å². The second-order valence-corrected chi connectivity index (χ2v) is 8.53. The van der Waals surface area contributed by atoms with Crippen molar-refractivity contribution < 1.29 is 17.6 Å². The average Bonchev–Trinajstić information content (AvgIpc) is 3.30. The Morgan fingerprint density at radius 3 is 2.53 bits per heavy atom. The number of furan rings is 1. The molecule has 0 fully saturated rings. The maximum atomic E-state index is 12.6. The van der Waals surface area contributed by atoms with E-state index in [4.69, 9.17) is 20.8 Å². The molecule has 0 amide bonds. The topological polar surface area (TPSA) is 81.4 Å². The molecule has 0 aliphatic rings. The van der Waals surface area contributed by atoms with Crippen molar-refractivity contribution in [2.75, 3.05) is 0 Å². The quantitative estimate of drug-likeness (QED) is 0.423. The predicted octanol–water partition coefficient (Wildman–Crippen LogP) is 5.27. The average molecular weight is 441 g/mol. The molecule has 0 aliphatic carbocycles. The number of aromatic nitrogens is 1. The van der Waals surface area contributed by atoms with Crippen LogP contribution in [-0.4, -0.2) is 13.4 Å². The number of benzene rings is 2. The lowest BCUT2D eigenvalue weighted by Gasteiger charge is -2.10. The number of halogens is 1. The molecule has 2 heterocycles. The van der Waals surface area contributed by atoms with Crippen LogP contribution in [0.3, 0.4) is 0 Å². The molecule has 0 saturated heterocycles. The molecule has 0 saturated carbocycles. The highest BCUT2D eigenvalue weighted by atomic mass is 35.5. The van der Waals surface area contributed by atoms with Gasteiger partial charge in [0.05, 0.1) is 16.2 Å². The van der Waals surface area contributed by atoms with Crippen LogP contribution in [0.2, 0.25) is 5.02 Å². The minimum Gasteiger partial charge on any atom is -0.463 e. The van der Waals surface area contributed by atoms with E-state index >= 15 is 0 Å². The summed E-state index contributed by atoms with van der Waals surface area (Å²) in [6.45, 7) is 0.121. The summed E-state index contributed by atoms with van der Waals surface area (Å²) in [7, 11) is -3.70. The second-order valence-electron chi connectivity index (χ2n) is 6.36. The van der Waals surface area contributed by atoms with Crippen LogP contribution in [0.5, 0.6) is 11.5 Å². The molecule has 30 heavy (non-hydrogen) atoms. The van der Waals surface area contributed by atoms with Crippen LogP contribution in [0.25, 0.3) is 11.5 Å². The minimum atomic E-state index is -3.70. The number of hydrogen-bond donors (Lipinski definition) is 1. The van der Waals surface area contributed by atoms with Crippen LogP contribution in [0, 0.1) is 0 Å². The zero-order valence-electron chi connectivity index (χ0n) is 15.7. The van der Waals surface area contributed by atoms with E-state index in [2.05, 4.69) is 9.71 Å². The first-order valence-electron chi connectivity index (χ1n) is 9.02. The smallest absolute Gasteiger partial charge is 0.240 e. The number of nitrogens with zero attached hydrogens (tertiary/aromatic N) is 1. The molecule has 1 N–H and O–H groups in total. The van der Waals surface area contributed by atoms with E-state index in [1.807, 2.05) is 0 Å². The Morgan fingerprint density at radius 2 is 1.80 bits per heavy atom. The Balaban J connectivity index is 1.44. The number of rotatable bonds is 7. The van der Waals surface area contributed by atoms with E-state index in [0.29, 0.717) is 28.0 Å². The van der Waals surface area contributed by atoms with Gasteiger partial charge in [-0.05, 0) is 66.2 Å². The van der Waals surface area contributed by atoms with Gasteiger partial charge in [-0.3, -0.25) is 4.98 Å². The molecule has 8 heteroatoms. The maximum absolute atomic E-state index is 12.6. The number of para-hydroxylation sites is 1. The molecular weight excluding hydrogens is 424 g/mol. The molecule has 2 aromatic carbocycles. The summed E-state index contributed by atoms with van der Waals surface area (Å²) in [5, 5.41) is 0.474. The lowest BCUT2D eigenvalue weighted by Crippen LogP contribution is -2.23. The molecule has 0 bridgehead atoms. The minimum absolute atomic E-state index is 0.121. The Kier molecular flexibility index (Phi) is 5.85. The zero-order valence-corrected chi connectivity index (χ0v) is 17.2. The van der Waals surface area contributed by atoms with E-state index in [1.165, 1.54) is 12.1 Å². The predicted molar refractivity (Wildman–Crippen MR) is 114 cm³/mol. The van der Waals surface area contributed by atoms with Crippen LogP contribution in [0.1, 0.15) is 5.56 Å². The fraction of sp³-hybridized carbons (Fsp3) is 0.0455. The summed E-state index contributed by atoms with van der Waals surface area (Å²) >= 11 is 6.08. The summed E-state index contributed by atoms with van der Waals surface area (Å²) in [5.41, 5.74) is 1.40. The van der Waals surface area contributed by atoms with Crippen molar-refractivity contribution in [1.29, 1.82) is 0 Å². The largest absolute Gasteiger partial charge is 0.463 e. The Hall–Kier alpha value is -3.13. The zero-order chi connectivity index (χ0) is 21.0. The van der Waals surface area contributed by atoms with E-state index in [-0.39, 0.29) is 11.4 Å². The summed E-state index contributed by atoms with van der Waals surface area (Å²) < 4.78 is 38.9. The maximum Gasteiger partial charge on any atom is 0.240 e. The Morgan fingerprint density at radius 1 is 1.00 bits per heavy atom. The fourth-order valence-corrected chi connectivity index (χ4v) is 3.94. The van der Waals surface area contributed by atoms with Crippen molar-refractivity contribution in [2.45, 2.75) is 11.4 Å². The van der Waals surface area contributed by atoms with Gasteiger partial charge in [0.15, 0.2) is 5.76 Å². The fourth-order valence-electron chi connectivity index (χ4n) is 2.75. The van der Waals surface area contributed by atoms with Gasteiger partial charge in [0.1, 0.15) is 17.2 Å². The molecule has 4 aromatic rings. The number of hydrogen-bond acceptors (Lipinski definition) is 5. The number of sulfonamides is 1. The van der Waals surface area contributed by atoms with Crippen LogP contribution < -0.4 is 9.46 Å². The van der Waals surface area contributed by atoms with Crippen molar-refractivity contribution >= 4 is 21.6 Å². The summed E-state index contributed by atoms with van der Waals surface area (Å²) in [4.78, 5) is 4.37. The first kappa shape index (κ1) is 20.2. The van der Waals surface area contributed by atoms with E-state index in [0.717, 1.165) is 5.56 Å². The second kappa shape index (κ2) is 8.71. The van der Waals surface area contributed by atoms with Crippen LogP contribution in [0.4, 0.5) is 0 Å². The van der Waals surface area contributed by atoms with Crippen molar-refractivity contribution in [3.63, 3.8) is 0 Å². The molecule has 2 aromatic heterocycles. The van der Waals surface area contributed by atoms with Gasteiger partial charge >= 0.3 is 0 Å². The SMILES string of the molecule is O=S(=O)(NCc1ccnc(-c2ccco2)c1)c1ccc(Oc2ccccc2Cl)cc1. The molecular formula is C22H17ClN2O4S. The van der Waals surface area contributed by atoms with E-state index < -0.39 is 10.0 Å². The Labute approximate surface area is 179 Å². The van der Waals surface area contributed by atoms with Gasteiger partial charge in [-0.1, -0.05) is 23.7 Å². The van der Waals surface area contributed by atoms with Gasteiger partial charge in [0, 0.05) is 12.7 Å². The highest BCUT2D eigenvalue weighted by Crippen LogP contribution is 2.29. The molecule has 152 valence electrons. The first-order chi connectivity index (χ1) is 14.5. The van der Waals surface area contributed by atoms with E-state index in [9.17, 15) is 8.42 Å². The lowest BCUT2D eigenvalue weighted by atomic mass is 10.2. The van der Waals surface area contributed by atoms with Crippen LogP contribution in [0.15, 0.2) is 94.6 Å². The van der Waals surface area contributed by atoms with Gasteiger partial charge in [-0.25, -0.2) is 13.1 Å². The van der Waals surface area contributed by atoms with Crippen LogP contribution >= 0.6 is 11.6 Å². The molecule has 4 rings (SSSR count). The third kappa shape index (κ3) is 4.71. The monoisotopic (exact) mass is 440 g/mol. The highest BCUT2D eigenvalue weighted by molar-refractivity contribution is 7.89. The third-order valence-electron chi connectivity index (χ3n) is 4.26. The normalized spacial score (nSPS) is 11.4. The van der Waals surface area contributed by atoms with Crippen LogP contribution in [-0.2, 0) is 16.6 Å². The summed E-state index contributed by atoms with van der Waals surface area (Å²) in [6.07, 6.45) is 3.17.